The SMILES string of the molecule is CO[Si](CCCC(C)(N)CCC[Si](OC)(OC)OC)(OC)OC. The van der Waals surface area contributed by atoms with Gasteiger partial charge in [0.05, 0.1) is 0 Å². The first-order chi connectivity index (χ1) is 10.8. The minimum Gasteiger partial charge on any atom is -0.377 e. The van der Waals surface area contributed by atoms with Crippen molar-refractivity contribution in [3.63, 3.8) is 0 Å². The van der Waals surface area contributed by atoms with Gasteiger partial charge in [0.15, 0.2) is 0 Å². The van der Waals surface area contributed by atoms with Gasteiger partial charge in [-0.15, -0.1) is 0 Å². The molecule has 0 aliphatic carbocycles. The number of hydrogen-bond donors (Lipinski definition) is 1. The molecule has 0 aromatic heterocycles. The minimum atomic E-state index is -2.50. The fraction of sp³-hybridized carbons (Fsp3) is 1.00. The number of rotatable bonds is 14. The van der Waals surface area contributed by atoms with Gasteiger partial charge in [-0.1, -0.05) is 0 Å². The third-order valence-corrected chi connectivity index (χ3v) is 9.99. The maximum absolute atomic E-state index is 6.41. The number of nitrogens with two attached hydrogens (primary N) is 1. The molecule has 0 spiro atoms. The molecule has 0 aliphatic rings. The molecule has 2 N–H and O–H groups in total. The Balaban J connectivity index is 4.29. The largest absolute Gasteiger partial charge is 0.500 e. The summed E-state index contributed by atoms with van der Waals surface area (Å²) in [6, 6.07) is 1.52. The van der Waals surface area contributed by atoms with Crippen LogP contribution in [0.25, 0.3) is 0 Å². The Hall–Kier alpha value is 0.154. The van der Waals surface area contributed by atoms with E-state index in [1.54, 1.807) is 42.7 Å². The highest BCUT2D eigenvalue weighted by molar-refractivity contribution is 6.60. The lowest BCUT2D eigenvalue weighted by atomic mass is 9.92. The summed E-state index contributed by atoms with van der Waals surface area (Å²) in [7, 11) is 4.77. The summed E-state index contributed by atoms with van der Waals surface area (Å²) in [6.45, 7) is 2.07. The van der Waals surface area contributed by atoms with Gasteiger partial charge < -0.3 is 32.3 Å². The van der Waals surface area contributed by atoms with Crippen LogP contribution >= 0.6 is 0 Å². The first kappa shape index (κ1) is 23.2. The van der Waals surface area contributed by atoms with Crippen molar-refractivity contribution in [3.8, 4) is 0 Å². The Kier molecular flexibility index (Phi) is 11.0. The minimum absolute atomic E-state index is 0.259. The number of hydrogen-bond acceptors (Lipinski definition) is 7. The first-order valence-corrected chi connectivity index (χ1v) is 11.7. The van der Waals surface area contributed by atoms with Gasteiger partial charge in [-0.3, -0.25) is 0 Å². The topological polar surface area (TPSA) is 81.4 Å². The monoisotopic (exact) mass is 369 g/mol. The third-order valence-electron chi connectivity index (χ3n) is 4.33. The van der Waals surface area contributed by atoms with E-state index in [1.165, 1.54) is 0 Å². The van der Waals surface area contributed by atoms with Crippen LogP contribution in [0.4, 0.5) is 0 Å². The molecule has 0 amide bonds. The van der Waals surface area contributed by atoms with Crippen LogP contribution in [-0.2, 0) is 26.6 Å². The van der Waals surface area contributed by atoms with Gasteiger partial charge in [0, 0.05) is 60.3 Å². The summed E-state index contributed by atoms with van der Waals surface area (Å²) in [6.07, 6.45) is 3.55. The fourth-order valence-electron chi connectivity index (χ4n) is 2.65. The average Bonchev–Trinajstić information content (AvgIpc) is 2.56. The molecule has 0 aromatic carbocycles. The summed E-state index contributed by atoms with van der Waals surface area (Å²) in [4.78, 5) is 0. The van der Waals surface area contributed by atoms with E-state index in [1.807, 2.05) is 0 Å². The highest BCUT2D eigenvalue weighted by Crippen LogP contribution is 2.25. The first-order valence-electron chi connectivity index (χ1n) is 7.88. The average molecular weight is 370 g/mol. The third kappa shape index (κ3) is 7.71. The predicted molar refractivity (Wildman–Crippen MR) is 94.2 cm³/mol. The van der Waals surface area contributed by atoms with Gasteiger partial charge in [-0.25, -0.2) is 0 Å². The summed E-state index contributed by atoms with van der Waals surface area (Å²) in [5.74, 6) is 0. The van der Waals surface area contributed by atoms with Crippen molar-refractivity contribution in [3.05, 3.63) is 0 Å². The molecule has 0 fully saturated rings. The molecule has 0 rings (SSSR count). The van der Waals surface area contributed by atoms with E-state index in [0.717, 1.165) is 37.8 Å². The van der Waals surface area contributed by atoms with Crippen molar-refractivity contribution in [1.82, 2.24) is 0 Å². The maximum Gasteiger partial charge on any atom is 0.500 e. The van der Waals surface area contributed by atoms with Gasteiger partial charge in [-0.2, -0.15) is 0 Å². The lowest BCUT2D eigenvalue weighted by Crippen LogP contribution is -2.44. The standard InChI is InChI=1S/C14H35NO6Si2/c1-14(15,10-8-12-22(16-2,17-3)18-4)11-9-13-23(19-5,20-6)21-7/h8-13,15H2,1-7H3. The molecule has 0 bridgehead atoms. The molecule has 0 unspecified atom stereocenters. The molecule has 0 aliphatic heterocycles. The Bertz CT molecular complexity index is 267. The van der Waals surface area contributed by atoms with Crippen molar-refractivity contribution >= 4 is 17.6 Å². The van der Waals surface area contributed by atoms with Crippen LogP contribution in [0.1, 0.15) is 32.6 Å². The second kappa shape index (κ2) is 10.9. The predicted octanol–water partition coefficient (Wildman–Crippen LogP) is 2.02. The Labute approximate surface area is 143 Å². The van der Waals surface area contributed by atoms with Crippen molar-refractivity contribution in [2.24, 2.45) is 5.73 Å². The quantitative estimate of drug-likeness (QED) is 0.469. The van der Waals surface area contributed by atoms with Crippen LogP contribution in [0.2, 0.25) is 12.1 Å². The Morgan fingerprint density at radius 1 is 0.652 bits per heavy atom. The van der Waals surface area contributed by atoms with Crippen LogP contribution in [0.5, 0.6) is 0 Å². The van der Waals surface area contributed by atoms with Gasteiger partial charge in [0.25, 0.3) is 0 Å². The zero-order chi connectivity index (χ0) is 18.0. The zero-order valence-corrected chi connectivity index (χ0v) is 17.8. The van der Waals surface area contributed by atoms with Gasteiger partial charge in [0.2, 0.25) is 0 Å². The van der Waals surface area contributed by atoms with Crippen LogP contribution < -0.4 is 5.73 Å². The van der Waals surface area contributed by atoms with Crippen LogP contribution in [-0.4, -0.2) is 65.8 Å². The highest BCUT2D eigenvalue weighted by atomic mass is 28.4. The smallest absolute Gasteiger partial charge is 0.377 e. The second-order valence-corrected chi connectivity index (χ2v) is 12.1. The van der Waals surface area contributed by atoms with E-state index in [0.29, 0.717) is 0 Å². The van der Waals surface area contributed by atoms with Crippen molar-refractivity contribution < 1.29 is 26.6 Å². The molecule has 140 valence electrons. The van der Waals surface area contributed by atoms with Crippen molar-refractivity contribution in [1.29, 1.82) is 0 Å². The molecule has 0 saturated carbocycles. The van der Waals surface area contributed by atoms with Crippen molar-refractivity contribution in [2.75, 3.05) is 42.7 Å². The lowest BCUT2D eigenvalue weighted by molar-refractivity contribution is 0.121. The second-order valence-electron chi connectivity index (χ2n) is 5.95. The molecule has 0 atom stereocenters. The summed E-state index contributed by atoms with van der Waals surface area (Å²) in [5, 5.41) is 0. The molecule has 7 nitrogen and oxygen atoms in total. The van der Waals surface area contributed by atoms with Crippen LogP contribution in [0.15, 0.2) is 0 Å². The lowest BCUT2D eigenvalue weighted by Gasteiger charge is -2.29. The van der Waals surface area contributed by atoms with Gasteiger partial charge in [0.1, 0.15) is 0 Å². The Morgan fingerprint density at radius 3 is 1.13 bits per heavy atom. The van der Waals surface area contributed by atoms with Crippen LogP contribution in [0, 0.1) is 0 Å². The van der Waals surface area contributed by atoms with E-state index >= 15 is 0 Å². The van der Waals surface area contributed by atoms with Gasteiger partial charge in [-0.05, 0) is 32.6 Å². The maximum atomic E-state index is 6.41. The molecule has 0 saturated heterocycles. The molecule has 0 heterocycles. The van der Waals surface area contributed by atoms with E-state index in [9.17, 15) is 0 Å². The molecule has 0 radical (unpaired) electrons. The Morgan fingerprint density at radius 2 is 0.913 bits per heavy atom. The fourth-order valence-corrected chi connectivity index (χ4v) is 6.10. The molecular weight excluding hydrogens is 334 g/mol. The van der Waals surface area contributed by atoms with Crippen LogP contribution in [0.3, 0.4) is 0 Å². The van der Waals surface area contributed by atoms with E-state index < -0.39 is 17.6 Å². The highest BCUT2D eigenvalue weighted by Gasteiger charge is 2.39. The molecule has 23 heavy (non-hydrogen) atoms. The van der Waals surface area contributed by atoms with E-state index in [-0.39, 0.29) is 5.54 Å². The molecule has 0 aromatic rings. The van der Waals surface area contributed by atoms with E-state index in [4.69, 9.17) is 32.3 Å². The molecule has 9 heteroatoms. The summed E-state index contributed by atoms with van der Waals surface area (Å²) in [5.41, 5.74) is 6.15. The summed E-state index contributed by atoms with van der Waals surface area (Å²) >= 11 is 0. The van der Waals surface area contributed by atoms with E-state index in [2.05, 4.69) is 6.92 Å². The zero-order valence-electron chi connectivity index (χ0n) is 15.8. The molecular formula is C14H35NO6Si2. The van der Waals surface area contributed by atoms with Crippen molar-refractivity contribution in [2.45, 2.75) is 50.2 Å². The summed E-state index contributed by atoms with van der Waals surface area (Å²) < 4.78 is 32.6. The normalized spacial score (nSPS) is 13.6. The van der Waals surface area contributed by atoms with Gasteiger partial charge >= 0.3 is 17.6 Å².